The first-order valence-electron chi connectivity index (χ1n) is 6.83. The molecule has 0 saturated carbocycles. The van der Waals surface area contributed by atoms with E-state index in [1.165, 1.54) is 6.08 Å². The summed E-state index contributed by atoms with van der Waals surface area (Å²) < 4.78 is 15.3. The van der Waals surface area contributed by atoms with Crippen LogP contribution in [0, 0.1) is 11.5 Å². The minimum Gasteiger partial charge on any atom is -0.463 e. The largest absolute Gasteiger partial charge is 0.463 e. The first-order valence-corrected chi connectivity index (χ1v) is 10.3. The van der Waals surface area contributed by atoms with Gasteiger partial charge in [0.05, 0.1) is 12.7 Å². The van der Waals surface area contributed by atoms with E-state index in [1.54, 1.807) is 20.1 Å². The number of ether oxygens (including phenoxy) is 3. The van der Waals surface area contributed by atoms with Crippen LogP contribution in [0.3, 0.4) is 0 Å². The van der Waals surface area contributed by atoms with Crippen LogP contribution in [-0.2, 0) is 19.0 Å². The summed E-state index contributed by atoms with van der Waals surface area (Å²) in [6.07, 6.45) is 4.38. The zero-order valence-electron chi connectivity index (χ0n) is 13.2. The predicted octanol–water partition coefficient (Wildman–Crippen LogP) is 2.76. The third-order valence-electron chi connectivity index (χ3n) is 2.15. The van der Waals surface area contributed by atoms with Gasteiger partial charge >= 0.3 is 5.97 Å². The van der Waals surface area contributed by atoms with E-state index in [4.69, 9.17) is 14.2 Å². The molecule has 0 aliphatic carbocycles. The Bertz CT molecular complexity index is 360. The minimum absolute atomic E-state index is 0.0653. The molecule has 0 saturated heterocycles. The highest BCUT2D eigenvalue weighted by Gasteiger charge is 2.09. The van der Waals surface area contributed by atoms with Crippen LogP contribution in [-0.4, -0.2) is 40.7 Å². The van der Waals surface area contributed by atoms with Gasteiger partial charge in [0.15, 0.2) is 0 Å². The minimum atomic E-state index is -1.36. The van der Waals surface area contributed by atoms with Crippen LogP contribution in [0.2, 0.25) is 19.6 Å². The lowest BCUT2D eigenvalue weighted by molar-refractivity contribution is -0.137. The monoisotopic (exact) mass is 298 g/mol. The van der Waals surface area contributed by atoms with Crippen molar-refractivity contribution in [3.8, 4) is 11.5 Å². The van der Waals surface area contributed by atoms with Gasteiger partial charge in [0, 0.05) is 19.6 Å². The van der Waals surface area contributed by atoms with Crippen molar-refractivity contribution < 1.29 is 19.0 Å². The molecule has 0 spiro atoms. The van der Waals surface area contributed by atoms with Crippen molar-refractivity contribution in [1.82, 2.24) is 0 Å². The normalized spacial score (nSPS) is 12.8. The summed E-state index contributed by atoms with van der Waals surface area (Å²) in [4.78, 5) is 11.2. The molecule has 1 atom stereocenters. The molecule has 0 fully saturated rings. The van der Waals surface area contributed by atoms with Gasteiger partial charge < -0.3 is 14.2 Å². The zero-order valence-corrected chi connectivity index (χ0v) is 14.2. The summed E-state index contributed by atoms with van der Waals surface area (Å²) in [5.74, 6) is 2.85. The van der Waals surface area contributed by atoms with E-state index in [2.05, 4.69) is 31.1 Å². The summed E-state index contributed by atoms with van der Waals surface area (Å²) in [7, 11) is 0.227. The number of carbonyl (C=O) groups excluding carboxylic acids is 1. The average molecular weight is 298 g/mol. The quantitative estimate of drug-likeness (QED) is 0.227. The van der Waals surface area contributed by atoms with Gasteiger partial charge in [-0.2, -0.15) is 0 Å². The topological polar surface area (TPSA) is 44.8 Å². The number of methoxy groups -OCH3 is 1. The second kappa shape index (κ2) is 10.7. The summed E-state index contributed by atoms with van der Waals surface area (Å²) in [5, 5.41) is 0. The SMILES string of the molecule is CCOC(=O)/C=C/C[C@H](CC#C[Si](C)(C)C)OCOC. The summed E-state index contributed by atoms with van der Waals surface area (Å²) in [5.41, 5.74) is 3.30. The van der Waals surface area contributed by atoms with Gasteiger partial charge in [0.2, 0.25) is 0 Å². The number of rotatable bonds is 8. The summed E-state index contributed by atoms with van der Waals surface area (Å²) in [6, 6.07) is 0. The van der Waals surface area contributed by atoms with Crippen molar-refractivity contribution in [2.24, 2.45) is 0 Å². The molecule has 0 rings (SSSR count). The Kier molecular flexibility index (Phi) is 10.1. The van der Waals surface area contributed by atoms with Crippen LogP contribution >= 0.6 is 0 Å². The number of carbonyl (C=O) groups is 1. The average Bonchev–Trinajstić information content (AvgIpc) is 2.34. The van der Waals surface area contributed by atoms with E-state index in [0.717, 1.165) is 0 Å². The van der Waals surface area contributed by atoms with Crippen molar-refractivity contribution in [1.29, 1.82) is 0 Å². The lowest BCUT2D eigenvalue weighted by Gasteiger charge is -2.13. The van der Waals surface area contributed by atoms with Crippen LogP contribution in [0.1, 0.15) is 19.8 Å². The second-order valence-electron chi connectivity index (χ2n) is 5.34. The molecule has 0 aromatic heterocycles. The Morgan fingerprint density at radius 3 is 2.60 bits per heavy atom. The Balaban J connectivity index is 4.33. The van der Waals surface area contributed by atoms with Crippen molar-refractivity contribution in [2.75, 3.05) is 20.5 Å². The molecule has 5 heteroatoms. The molecule has 0 aromatic carbocycles. The molecule has 0 radical (unpaired) electrons. The maximum atomic E-state index is 11.2. The smallest absolute Gasteiger partial charge is 0.330 e. The highest BCUT2D eigenvalue weighted by Crippen LogP contribution is 2.06. The van der Waals surface area contributed by atoms with E-state index in [1.807, 2.05) is 0 Å². The van der Waals surface area contributed by atoms with Crippen LogP contribution in [0.4, 0.5) is 0 Å². The number of hydrogen-bond donors (Lipinski definition) is 0. The molecule has 0 unspecified atom stereocenters. The lowest BCUT2D eigenvalue weighted by Crippen LogP contribution is -2.17. The third-order valence-corrected chi connectivity index (χ3v) is 3.08. The highest BCUT2D eigenvalue weighted by atomic mass is 28.3. The molecular weight excluding hydrogens is 272 g/mol. The Morgan fingerprint density at radius 2 is 2.05 bits per heavy atom. The van der Waals surface area contributed by atoms with E-state index >= 15 is 0 Å². The second-order valence-corrected chi connectivity index (χ2v) is 10.1. The lowest BCUT2D eigenvalue weighted by atomic mass is 10.2. The van der Waals surface area contributed by atoms with Gasteiger partial charge in [-0.15, -0.1) is 11.5 Å². The van der Waals surface area contributed by atoms with Gasteiger partial charge in [-0.05, 0) is 13.3 Å². The Labute approximate surface area is 123 Å². The summed E-state index contributed by atoms with van der Waals surface area (Å²) in [6.45, 7) is 8.99. The van der Waals surface area contributed by atoms with Gasteiger partial charge in [0.1, 0.15) is 14.9 Å². The van der Waals surface area contributed by atoms with Gasteiger partial charge in [0.25, 0.3) is 0 Å². The fourth-order valence-electron chi connectivity index (χ4n) is 1.31. The van der Waals surface area contributed by atoms with Crippen molar-refractivity contribution in [2.45, 2.75) is 45.5 Å². The molecule has 0 aliphatic rings. The Hall–Kier alpha value is -1.09. The first-order chi connectivity index (χ1) is 9.39. The molecule has 0 amide bonds. The highest BCUT2D eigenvalue weighted by molar-refractivity contribution is 6.83. The molecule has 0 aromatic rings. The van der Waals surface area contributed by atoms with Crippen molar-refractivity contribution >= 4 is 14.0 Å². The predicted molar refractivity (Wildman–Crippen MR) is 82.9 cm³/mol. The van der Waals surface area contributed by atoms with Crippen molar-refractivity contribution in [3.05, 3.63) is 12.2 Å². The maximum absolute atomic E-state index is 11.2. The molecule has 20 heavy (non-hydrogen) atoms. The molecule has 0 bridgehead atoms. The van der Waals surface area contributed by atoms with E-state index in [-0.39, 0.29) is 18.9 Å². The van der Waals surface area contributed by atoms with Crippen LogP contribution in [0.15, 0.2) is 12.2 Å². The fraction of sp³-hybridized carbons (Fsp3) is 0.667. The number of hydrogen-bond acceptors (Lipinski definition) is 4. The Morgan fingerprint density at radius 1 is 1.35 bits per heavy atom. The van der Waals surface area contributed by atoms with E-state index in [0.29, 0.717) is 19.4 Å². The van der Waals surface area contributed by atoms with Crippen LogP contribution in [0.25, 0.3) is 0 Å². The van der Waals surface area contributed by atoms with Gasteiger partial charge in [-0.1, -0.05) is 25.7 Å². The van der Waals surface area contributed by atoms with E-state index < -0.39 is 8.07 Å². The van der Waals surface area contributed by atoms with Crippen LogP contribution < -0.4 is 0 Å². The molecule has 114 valence electrons. The summed E-state index contributed by atoms with van der Waals surface area (Å²) >= 11 is 0. The molecule has 0 N–H and O–H groups in total. The first kappa shape index (κ1) is 18.9. The fourth-order valence-corrected chi connectivity index (χ4v) is 1.94. The molecule has 0 aliphatic heterocycles. The van der Waals surface area contributed by atoms with Gasteiger partial charge in [-0.3, -0.25) is 0 Å². The van der Waals surface area contributed by atoms with Crippen LogP contribution in [0.5, 0.6) is 0 Å². The molecule has 4 nitrogen and oxygen atoms in total. The van der Waals surface area contributed by atoms with Gasteiger partial charge in [-0.25, -0.2) is 4.79 Å². The third kappa shape index (κ3) is 12.0. The van der Waals surface area contributed by atoms with Crippen molar-refractivity contribution in [3.63, 3.8) is 0 Å². The number of esters is 1. The van der Waals surface area contributed by atoms with E-state index in [9.17, 15) is 4.79 Å². The maximum Gasteiger partial charge on any atom is 0.330 e. The molecular formula is C15H26O4Si. The zero-order chi connectivity index (χ0) is 15.4. The molecule has 0 heterocycles. The standard InChI is InChI=1S/C15H26O4Si/c1-6-18-15(16)11-7-9-14(19-13-17-2)10-8-12-20(3,4)5/h7,11,14H,6,9-10,13H2,1-5H3/b11-7+/t14-/m1/s1.